The molecule has 6 heteroatoms. The number of nitrogens with two attached hydrogens (primary N) is 1. The van der Waals surface area contributed by atoms with E-state index in [1.165, 1.54) is 12.3 Å². The number of hydrogen-bond donors (Lipinski definition) is 2. The van der Waals surface area contributed by atoms with Crippen molar-refractivity contribution in [3.63, 3.8) is 0 Å². The van der Waals surface area contributed by atoms with E-state index in [9.17, 15) is 9.18 Å². The van der Waals surface area contributed by atoms with E-state index in [2.05, 4.69) is 10.3 Å². The third-order valence-corrected chi connectivity index (χ3v) is 2.27. The lowest BCUT2D eigenvalue weighted by Gasteiger charge is -2.08. The average Bonchev–Trinajstić information content (AvgIpc) is 2.39. The van der Waals surface area contributed by atoms with Crippen molar-refractivity contribution in [3.05, 3.63) is 48.5 Å². The van der Waals surface area contributed by atoms with Gasteiger partial charge in [-0.15, -0.1) is 0 Å². The number of ether oxygens (including phenoxy) is 1. The molecule has 3 N–H and O–H groups in total. The Hall–Kier alpha value is -2.63. The number of nitrogens with zero attached hydrogens (tertiary/aromatic N) is 1. The molecule has 0 fully saturated rings. The second-order valence-corrected chi connectivity index (χ2v) is 3.76. The highest BCUT2D eigenvalue weighted by molar-refractivity contribution is 5.91. The van der Waals surface area contributed by atoms with Gasteiger partial charge in [-0.05, 0) is 18.2 Å². The molecule has 1 aromatic heterocycles. The average molecular weight is 261 g/mol. The van der Waals surface area contributed by atoms with Crippen molar-refractivity contribution in [2.24, 2.45) is 0 Å². The highest BCUT2D eigenvalue weighted by Crippen LogP contribution is 2.15. The standard InChI is InChI=1S/C13H12FN3O2/c14-11-7-16-5-4-12(11)17-13(18)8-19-10-3-1-2-9(15)6-10/h1-7H,8,15H2,(H,16,17,18). The summed E-state index contributed by atoms with van der Waals surface area (Å²) in [4.78, 5) is 15.2. The number of benzene rings is 1. The number of carbonyl (C=O) groups is 1. The first kappa shape index (κ1) is 12.8. The lowest BCUT2D eigenvalue weighted by molar-refractivity contribution is -0.118. The molecule has 0 saturated heterocycles. The van der Waals surface area contributed by atoms with Gasteiger partial charge in [0.1, 0.15) is 5.75 Å². The molecular formula is C13H12FN3O2. The van der Waals surface area contributed by atoms with Crippen LogP contribution in [0.15, 0.2) is 42.7 Å². The maximum Gasteiger partial charge on any atom is 0.262 e. The summed E-state index contributed by atoms with van der Waals surface area (Å²) in [5, 5.41) is 2.38. The Labute approximate surface area is 109 Å². The van der Waals surface area contributed by atoms with Crippen LogP contribution in [0.3, 0.4) is 0 Å². The van der Waals surface area contributed by atoms with Crippen LogP contribution in [0.1, 0.15) is 0 Å². The summed E-state index contributed by atoms with van der Waals surface area (Å²) in [5.74, 6) is -0.585. The maximum absolute atomic E-state index is 13.2. The Bertz CT molecular complexity index is 590. The number of hydrogen-bond acceptors (Lipinski definition) is 4. The highest BCUT2D eigenvalue weighted by atomic mass is 19.1. The van der Waals surface area contributed by atoms with Gasteiger partial charge in [0, 0.05) is 18.0 Å². The monoisotopic (exact) mass is 261 g/mol. The van der Waals surface area contributed by atoms with E-state index in [0.717, 1.165) is 6.20 Å². The van der Waals surface area contributed by atoms with Crippen LogP contribution in [0.5, 0.6) is 5.75 Å². The van der Waals surface area contributed by atoms with Crippen molar-refractivity contribution in [2.75, 3.05) is 17.7 Å². The molecule has 0 aliphatic carbocycles. The second kappa shape index (κ2) is 5.81. The minimum absolute atomic E-state index is 0.0659. The number of pyridine rings is 1. The molecule has 5 nitrogen and oxygen atoms in total. The van der Waals surface area contributed by atoms with Crippen molar-refractivity contribution in [3.8, 4) is 5.75 Å². The summed E-state index contributed by atoms with van der Waals surface area (Å²) < 4.78 is 18.5. The van der Waals surface area contributed by atoms with Crippen molar-refractivity contribution in [1.82, 2.24) is 4.98 Å². The van der Waals surface area contributed by atoms with Crippen LogP contribution in [0.2, 0.25) is 0 Å². The van der Waals surface area contributed by atoms with Gasteiger partial charge in [0.2, 0.25) is 0 Å². The molecule has 0 saturated carbocycles. The van der Waals surface area contributed by atoms with Crippen LogP contribution in [0, 0.1) is 5.82 Å². The van der Waals surface area contributed by atoms with E-state index in [0.29, 0.717) is 11.4 Å². The maximum atomic E-state index is 13.2. The number of nitrogen functional groups attached to an aromatic ring is 1. The Morgan fingerprint density at radius 1 is 1.42 bits per heavy atom. The molecular weight excluding hydrogens is 249 g/mol. The summed E-state index contributed by atoms with van der Waals surface area (Å²) in [6.07, 6.45) is 2.41. The van der Waals surface area contributed by atoms with Crippen molar-refractivity contribution in [2.45, 2.75) is 0 Å². The van der Waals surface area contributed by atoms with Gasteiger partial charge in [0.25, 0.3) is 5.91 Å². The number of aromatic nitrogens is 1. The van der Waals surface area contributed by atoms with Crippen LogP contribution in [-0.2, 0) is 4.79 Å². The molecule has 1 amide bonds. The van der Waals surface area contributed by atoms with Crippen LogP contribution in [0.4, 0.5) is 15.8 Å². The van der Waals surface area contributed by atoms with E-state index >= 15 is 0 Å². The van der Waals surface area contributed by atoms with Crippen molar-refractivity contribution >= 4 is 17.3 Å². The van der Waals surface area contributed by atoms with Crippen LogP contribution in [-0.4, -0.2) is 17.5 Å². The number of nitrogens with one attached hydrogen (secondary N) is 1. The van der Waals surface area contributed by atoms with E-state index < -0.39 is 11.7 Å². The molecule has 0 unspecified atom stereocenters. The molecule has 0 radical (unpaired) electrons. The second-order valence-electron chi connectivity index (χ2n) is 3.76. The first-order valence-electron chi connectivity index (χ1n) is 5.53. The topological polar surface area (TPSA) is 77.2 Å². The van der Waals surface area contributed by atoms with Crippen LogP contribution < -0.4 is 15.8 Å². The summed E-state index contributed by atoms with van der Waals surface area (Å²) >= 11 is 0. The largest absolute Gasteiger partial charge is 0.484 e. The number of anilines is 2. The summed E-state index contributed by atoms with van der Waals surface area (Å²) in [6, 6.07) is 8.06. The minimum atomic E-state index is -0.597. The van der Waals surface area contributed by atoms with E-state index in [1.807, 2.05) is 0 Å². The van der Waals surface area contributed by atoms with Gasteiger partial charge in [-0.1, -0.05) is 6.07 Å². The quantitative estimate of drug-likeness (QED) is 0.823. The molecule has 1 aromatic carbocycles. The van der Waals surface area contributed by atoms with Gasteiger partial charge < -0.3 is 15.8 Å². The molecule has 0 aliphatic rings. The third-order valence-electron chi connectivity index (χ3n) is 2.27. The molecule has 2 rings (SSSR count). The van der Waals surface area contributed by atoms with Crippen LogP contribution in [0.25, 0.3) is 0 Å². The first-order chi connectivity index (χ1) is 9.15. The number of rotatable bonds is 4. The number of halogens is 1. The molecule has 98 valence electrons. The number of amides is 1. The van der Waals surface area contributed by atoms with Gasteiger partial charge in [-0.2, -0.15) is 0 Å². The van der Waals surface area contributed by atoms with E-state index in [1.54, 1.807) is 24.3 Å². The van der Waals surface area contributed by atoms with Gasteiger partial charge >= 0.3 is 0 Å². The minimum Gasteiger partial charge on any atom is -0.484 e. The zero-order valence-electron chi connectivity index (χ0n) is 9.97. The summed E-state index contributed by atoms with van der Waals surface area (Å²) in [6.45, 7) is -0.231. The molecule has 0 atom stereocenters. The van der Waals surface area contributed by atoms with E-state index in [-0.39, 0.29) is 12.3 Å². The summed E-state index contributed by atoms with van der Waals surface area (Å²) in [7, 11) is 0. The Morgan fingerprint density at radius 2 is 2.26 bits per heavy atom. The summed E-state index contributed by atoms with van der Waals surface area (Å²) in [5.41, 5.74) is 6.18. The predicted molar refractivity (Wildman–Crippen MR) is 69.2 cm³/mol. The van der Waals surface area contributed by atoms with E-state index in [4.69, 9.17) is 10.5 Å². The highest BCUT2D eigenvalue weighted by Gasteiger charge is 2.07. The van der Waals surface area contributed by atoms with Crippen molar-refractivity contribution < 1.29 is 13.9 Å². The fourth-order valence-electron chi connectivity index (χ4n) is 1.42. The van der Waals surface area contributed by atoms with Gasteiger partial charge in [0.15, 0.2) is 12.4 Å². The predicted octanol–water partition coefficient (Wildman–Crippen LogP) is 1.82. The Balaban J connectivity index is 1.90. The zero-order valence-corrected chi connectivity index (χ0v) is 9.97. The number of carbonyl (C=O) groups excluding carboxylic acids is 1. The molecule has 19 heavy (non-hydrogen) atoms. The third kappa shape index (κ3) is 3.67. The zero-order chi connectivity index (χ0) is 13.7. The lowest BCUT2D eigenvalue weighted by atomic mass is 10.3. The van der Waals surface area contributed by atoms with Gasteiger partial charge in [-0.25, -0.2) is 4.39 Å². The normalized spacial score (nSPS) is 9.95. The fourth-order valence-corrected chi connectivity index (χ4v) is 1.42. The molecule has 2 aromatic rings. The Kier molecular flexibility index (Phi) is 3.92. The SMILES string of the molecule is Nc1cccc(OCC(=O)Nc2ccncc2F)c1. The fraction of sp³-hybridized carbons (Fsp3) is 0.0769. The van der Waals surface area contributed by atoms with Crippen LogP contribution >= 0.6 is 0 Å². The van der Waals surface area contributed by atoms with Gasteiger partial charge in [0.05, 0.1) is 11.9 Å². The lowest BCUT2D eigenvalue weighted by Crippen LogP contribution is -2.20. The molecule has 1 heterocycles. The first-order valence-corrected chi connectivity index (χ1v) is 5.53. The molecule has 0 aliphatic heterocycles. The molecule has 0 spiro atoms. The smallest absolute Gasteiger partial charge is 0.262 e. The van der Waals surface area contributed by atoms with Gasteiger partial charge in [-0.3, -0.25) is 9.78 Å². The molecule has 0 bridgehead atoms. The Morgan fingerprint density at radius 3 is 3.00 bits per heavy atom. The van der Waals surface area contributed by atoms with Crippen molar-refractivity contribution in [1.29, 1.82) is 0 Å².